The first-order chi connectivity index (χ1) is 11.7. The van der Waals surface area contributed by atoms with E-state index in [0.717, 1.165) is 16.7 Å². The van der Waals surface area contributed by atoms with E-state index in [9.17, 15) is 18.0 Å². The summed E-state index contributed by atoms with van der Waals surface area (Å²) < 4.78 is 37.5. The van der Waals surface area contributed by atoms with Crippen molar-refractivity contribution in [1.82, 2.24) is 20.9 Å². The summed E-state index contributed by atoms with van der Waals surface area (Å²) in [4.78, 5) is 19.3. The van der Waals surface area contributed by atoms with Crippen molar-refractivity contribution >= 4 is 23.2 Å². The van der Waals surface area contributed by atoms with E-state index in [4.69, 9.17) is 0 Å². The molecule has 1 aromatic rings. The number of guanidine groups is 1. The first kappa shape index (κ1) is 21.2. The maximum Gasteiger partial charge on any atom is 0.434 e. The number of alkyl halides is 3. The Morgan fingerprint density at radius 1 is 1.28 bits per heavy atom. The number of hydrogen-bond donors (Lipinski definition) is 3. The molecule has 0 spiro atoms. The number of amides is 1. The van der Waals surface area contributed by atoms with Gasteiger partial charge in [0.1, 0.15) is 0 Å². The van der Waals surface area contributed by atoms with Crippen LogP contribution < -0.4 is 16.0 Å². The molecule has 142 valence electrons. The zero-order chi connectivity index (χ0) is 18.9. The van der Waals surface area contributed by atoms with Crippen LogP contribution in [0.15, 0.2) is 10.4 Å². The van der Waals surface area contributed by atoms with Crippen LogP contribution in [0, 0.1) is 5.92 Å². The van der Waals surface area contributed by atoms with Crippen LogP contribution in [0.4, 0.5) is 13.2 Å². The zero-order valence-electron chi connectivity index (χ0n) is 14.5. The normalized spacial score (nSPS) is 12.4. The average Bonchev–Trinajstić information content (AvgIpc) is 3.00. The summed E-state index contributed by atoms with van der Waals surface area (Å²) in [6.45, 7) is 7.48. The fourth-order valence-corrected chi connectivity index (χ4v) is 2.53. The molecule has 1 aromatic heterocycles. The third kappa shape index (κ3) is 8.19. The Balaban J connectivity index is 2.42. The highest BCUT2D eigenvalue weighted by molar-refractivity contribution is 7.09. The highest BCUT2D eigenvalue weighted by Crippen LogP contribution is 2.30. The summed E-state index contributed by atoms with van der Waals surface area (Å²) in [5.41, 5.74) is -0.859. The molecule has 1 amide bonds. The van der Waals surface area contributed by atoms with Crippen molar-refractivity contribution in [2.24, 2.45) is 10.9 Å². The van der Waals surface area contributed by atoms with Crippen molar-refractivity contribution in [3.63, 3.8) is 0 Å². The lowest BCUT2D eigenvalue weighted by Crippen LogP contribution is -2.42. The van der Waals surface area contributed by atoms with Crippen LogP contribution in [-0.2, 0) is 17.4 Å². The Morgan fingerprint density at radius 3 is 2.52 bits per heavy atom. The van der Waals surface area contributed by atoms with E-state index in [1.165, 1.54) is 0 Å². The van der Waals surface area contributed by atoms with Crippen molar-refractivity contribution in [3.8, 4) is 0 Å². The van der Waals surface area contributed by atoms with Crippen molar-refractivity contribution < 1.29 is 18.0 Å². The Morgan fingerprint density at radius 2 is 1.96 bits per heavy atom. The minimum atomic E-state index is -4.41. The number of hydrogen-bond acceptors (Lipinski definition) is 4. The van der Waals surface area contributed by atoms with Crippen LogP contribution in [0.25, 0.3) is 0 Å². The summed E-state index contributed by atoms with van der Waals surface area (Å²) in [6.07, 6.45) is -4.07. The molecule has 0 aromatic carbocycles. The fourth-order valence-electron chi connectivity index (χ4n) is 1.73. The molecule has 3 N–H and O–H groups in total. The quantitative estimate of drug-likeness (QED) is 0.367. The molecule has 0 aliphatic heterocycles. The zero-order valence-corrected chi connectivity index (χ0v) is 15.4. The summed E-state index contributed by atoms with van der Waals surface area (Å²) >= 11 is 0.980. The molecule has 0 radical (unpaired) electrons. The fraction of sp³-hybridized carbons (Fsp3) is 0.667. The van der Waals surface area contributed by atoms with Crippen molar-refractivity contribution in [2.45, 2.75) is 33.4 Å². The van der Waals surface area contributed by atoms with Crippen LogP contribution >= 0.6 is 11.3 Å². The van der Waals surface area contributed by atoms with Crippen LogP contribution in [0.5, 0.6) is 0 Å². The maximum absolute atomic E-state index is 12.5. The van der Waals surface area contributed by atoms with Gasteiger partial charge in [0.15, 0.2) is 11.7 Å². The lowest BCUT2D eigenvalue weighted by atomic mass is 10.2. The number of nitrogens with one attached hydrogen (secondary N) is 3. The van der Waals surface area contributed by atoms with Gasteiger partial charge < -0.3 is 16.0 Å². The summed E-state index contributed by atoms with van der Waals surface area (Å²) in [5.74, 6) is 0.462. The molecule has 0 unspecified atom stereocenters. The lowest BCUT2D eigenvalue weighted by molar-refractivity contribution is -0.140. The second-order valence-corrected chi connectivity index (χ2v) is 6.45. The number of nitrogens with zero attached hydrogens (tertiary/aromatic N) is 2. The number of aromatic nitrogens is 1. The highest BCUT2D eigenvalue weighted by Gasteiger charge is 2.33. The Hall–Kier alpha value is -1.84. The summed E-state index contributed by atoms with van der Waals surface area (Å²) in [5, 5.41) is 10.3. The standard InChI is InChI=1S/C15H24F3N5OS/c1-4-19-14(22-8-7-20-13(24)10(2)3)21-6-5-12-23-11(9-25-12)15(16,17)18/h9-10H,4-8H2,1-3H3,(H,20,24)(H2,19,21,22). The molecule has 0 aliphatic rings. The van der Waals surface area contributed by atoms with E-state index in [-0.39, 0.29) is 11.8 Å². The maximum atomic E-state index is 12.5. The van der Waals surface area contributed by atoms with Crippen molar-refractivity contribution in [3.05, 3.63) is 16.1 Å². The molecule has 0 fully saturated rings. The van der Waals surface area contributed by atoms with E-state index < -0.39 is 11.9 Å². The molecule has 0 saturated heterocycles. The summed E-state index contributed by atoms with van der Waals surface area (Å²) in [7, 11) is 0. The topological polar surface area (TPSA) is 78.4 Å². The van der Waals surface area contributed by atoms with Gasteiger partial charge in [-0.2, -0.15) is 13.2 Å². The molecule has 25 heavy (non-hydrogen) atoms. The molecule has 0 bridgehead atoms. The van der Waals surface area contributed by atoms with Gasteiger partial charge >= 0.3 is 6.18 Å². The van der Waals surface area contributed by atoms with Crippen molar-refractivity contribution in [1.29, 1.82) is 0 Å². The van der Waals surface area contributed by atoms with Gasteiger partial charge in [0, 0.05) is 43.9 Å². The van der Waals surface area contributed by atoms with Gasteiger partial charge in [-0.1, -0.05) is 13.8 Å². The minimum absolute atomic E-state index is 0.0204. The molecule has 1 rings (SSSR count). The molecule has 10 heteroatoms. The molecule has 0 saturated carbocycles. The number of halogens is 3. The Labute approximate surface area is 149 Å². The number of rotatable bonds is 8. The molecular formula is C15H24F3N5OS. The van der Waals surface area contributed by atoms with E-state index in [1.807, 2.05) is 20.8 Å². The van der Waals surface area contributed by atoms with E-state index >= 15 is 0 Å². The van der Waals surface area contributed by atoms with Crippen LogP contribution in [0.1, 0.15) is 31.5 Å². The van der Waals surface area contributed by atoms with Gasteiger partial charge in [0.25, 0.3) is 0 Å². The van der Waals surface area contributed by atoms with Gasteiger partial charge in [-0.25, -0.2) is 4.98 Å². The molecule has 0 atom stereocenters. The van der Waals surface area contributed by atoms with Gasteiger partial charge in [-0.05, 0) is 6.92 Å². The third-order valence-corrected chi connectivity index (χ3v) is 3.93. The SMILES string of the molecule is CCNC(=NCCc1nc(C(F)(F)F)cs1)NCCNC(=O)C(C)C. The molecule has 0 aliphatic carbocycles. The predicted octanol–water partition coefficient (Wildman–Crippen LogP) is 2.03. The van der Waals surface area contributed by atoms with E-state index in [0.29, 0.717) is 43.6 Å². The Kier molecular flexibility index (Phi) is 8.67. The molecular weight excluding hydrogens is 355 g/mol. The third-order valence-electron chi connectivity index (χ3n) is 3.02. The second-order valence-electron chi connectivity index (χ2n) is 5.51. The van der Waals surface area contributed by atoms with E-state index in [2.05, 4.69) is 25.9 Å². The van der Waals surface area contributed by atoms with Crippen molar-refractivity contribution in [2.75, 3.05) is 26.2 Å². The lowest BCUT2D eigenvalue weighted by Gasteiger charge is -2.12. The number of aliphatic imine (C=N–C) groups is 1. The largest absolute Gasteiger partial charge is 0.434 e. The van der Waals surface area contributed by atoms with Crippen LogP contribution in [-0.4, -0.2) is 43.0 Å². The Bertz CT molecular complexity index is 572. The average molecular weight is 379 g/mol. The molecule has 1 heterocycles. The van der Waals surface area contributed by atoms with Crippen LogP contribution in [0.2, 0.25) is 0 Å². The smallest absolute Gasteiger partial charge is 0.357 e. The first-order valence-corrected chi connectivity index (χ1v) is 8.93. The predicted molar refractivity (Wildman–Crippen MR) is 92.6 cm³/mol. The van der Waals surface area contributed by atoms with Gasteiger partial charge in [0.05, 0.1) is 5.01 Å². The number of carbonyl (C=O) groups is 1. The number of carbonyl (C=O) groups excluding carboxylic acids is 1. The minimum Gasteiger partial charge on any atom is -0.357 e. The van der Waals surface area contributed by atoms with Gasteiger partial charge in [0.2, 0.25) is 5.91 Å². The highest BCUT2D eigenvalue weighted by atomic mass is 32.1. The van der Waals surface area contributed by atoms with E-state index in [1.54, 1.807) is 0 Å². The van der Waals surface area contributed by atoms with Gasteiger partial charge in [-0.15, -0.1) is 11.3 Å². The van der Waals surface area contributed by atoms with Gasteiger partial charge in [-0.3, -0.25) is 9.79 Å². The van der Waals surface area contributed by atoms with Crippen LogP contribution in [0.3, 0.4) is 0 Å². The summed E-state index contributed by atoms with van der Waals surface area (Å²) in [6, 6.07) is 0. The number of thiazole rings is 1. The molecule has 6 nitrogen and oxygen atoms in total. The monoisotopic (exact) mass is 379 g/mol. The second kappa shape index (κ2) is 10.2. The first-order valence-electron chi connectivity index (χ1n) is 8.05.